The number of rotatable bonds is 8. The number of aryl methyl sites for hydroxylation is 1. The van der Waals surface area contributed by atoms with Crippen molar-refractivity contribution in [2.24, 2.45) is 0 Å². The van der Waals surface area contributed by atoms with E-state index in [0.717, 1.165) is 5.56 Å². The molecule has 0 saturated heterocycles. The Morgan fingerprint density at radius 3 is 2.65 bits per heavy atom. The lowest BCUT2D eigenvalue weighted by Gasteiger charge is -2.11. The lowest BCUT2D eigenvalue weighted by atomic mass is 10.2. The number of aromatic nitrogens is 3. The molecule has 1 amide bonds. The van der Waals surface area contributed by atoms with Crippen LogP contribution in [0.15, 0.2) is 77.7 Å². The van der Waals surface area contributed by atoms with Crippen molar-refractivity contribution in [3.05, 3.63) is 90.6 Å². The van der Waals surface area contributed by atoms with Gasteiger partial charge in [0.2, 0.25) is 5.91 Å². The Hall–Kier alpha value is -4.07. The first-order valence-electron chi connectivity index (χ1n) is 9.64. The Morgan fingerprint density at radius 1 is 1.03 bits per heavy atom. The van der Waals surface area contributed by atoms with Crippen LogP contribution in [0.25, 0.3) is 11.3 Å². The predicted octanol–water partition coefficient (Wildman–Crippen LogP) is 4.42. The number of hydrogen-bond acceptors (Lipinski definition) is 6. The van der Waals surface area contributed by atoms with Crippen LogP contribution in [0, 0.1) is 5.82 Å². The predicted molar refractivity (Wildman–Crippen MR) is 112 cm³/mol. The fraction of sp³-hybridized carbons (Fsp3) is 0.130. The molecule has 1 aromatic carbocycles. The van der Waals surface area contributed by atoms with E-state index in [2.05, 4.69) is 20.3 Å². The summed E-state index contributed by atoms with van der Waals surface area (Å²) in [6.07, 6.45) is 6.99. The monoisotopic (exact) mass is 418 g/mol. The summed E-state index contributed by atoms with van der Waals surface area (Å²) in [5.41, 5.74) is 1.67. The lowest BCUT2D eigenvalue weighted by molar-refractivity contribution is -0.116. The molecule has 0 bridgehead atoms. The zero-order valence-corrected chi connectivity index (χ0v) is 16.5. The van der Waals surface area contributed by atoms with Crippen molar-refractivity contribution in [3.63, 3.8) is 0 Å². The van der Waals surface area contributed by atoms with Crippen LogP contribution in [0.3, 0.4) is 0 Å². The SMILES string of the molecule is O=C(CCc1ncc(-c2ccc(F)cc2)o1)Nc1ncccc1OCc1ccncc1. The molecule has 156 valence electrons. The van der Waals surface area contributed by atoms with E-state index in [-0.39, 0.29) is 18.1 Å². The third-order valence-electron chi connectivity index (χ3n) is 4.42. The smallest absolute Gasteiger partial charge is 0.226 e. The summed E-state index contributed by atoms with van der Waals surface area (Å²) in [6, 6.07) is 13.1. The van der Waals surface area contributed by atoms with E-state index in [1.807, 2.05) is 12.1 Å². The van der Waals surface area contributed by atoms with Gasteiger partial charge in [-0.3, -0.25) is 9.78 Å². The number of pyridine rings is 2. The fourth-order valence-corrected chi connectivity index (χ4v) is 2.83. The first kappa shape index (κ1) is 20.2. The Balaban J connectivity index is 1.33. The molecule has 0 atom stereocenters. The second-order valence-electron chi connectivity index (χ2n) is 6.67. The van der Waals surface area contributed by atoms with Gasteiger partial charge in [-0.1, -0.05) is 0 Å². The molecule has 0 radical (unpaired) electrons. The van der Waals surface area contributed by atoms with Gasteiger partial charge >= 0.3 is 0 Å². The van der Waals surface area contributed by atoms with Gasteiger partial charge in [0.05, 0.1) is 6.20 Å². The molecule has 4 rings (SSSR count). The Kier molecular flexibility index (Phi) is 6.27. The van der Waals surface area contributed by atoms with Crippen LogP contribution in [0.5, 0.6) is 5.75 Å². The molecular weight excluding hydrogens is 399 g/mol. The van der Waals surface area contributed by atoms with Crippen molar-refractivity contribution in [1.82, 2.24) is 15.0 Å². The maximum absolute atomic E-state index is 13.1. The number of carbonyl (C=O) groups is 1. The van der Waals surface area contributed by atoms with Gasteiger partial charge in [0, 0.05) is 37.0 Å². The third-order valence-corrected chi connectivity index (χ3v) is 4.42. The number of halogens is 1. The Morgan fingerprint density at radius 2 is 1.84 bits per heavy atom. The van der Waals surface area contributed by atoms with E-state index in [1.165, 1.54) is 12.1 Å². The maximum Gasteiger partial charge on any atom is 0.226 e. The van der Waals surface area contributed by atoms with Gasteiger partial charge in [0.25, 0.3) is 0 Å². The molecular formula is C23H19FN4O3. The second kappa shape index (κ2) is 9.62. The van der Waals surface area contributed by atoms with Gasteiger partial charge < -0.3 is 14.5 Å². The first-order chi connectivity index (χ1) is 15.2. The first-order valence-corrected chi connectivity index (χ1v) is 9.64. The molecule has 0 aliphatic heterocycles. The zero-order chi connectivity index (χ0) is 21.5. The van der Waals surface area contributed by atoms with Crippen molar-refractivity contribution in [3.8, 4) is 17.1 Å². The van der Waals surface area contributed by atoms with Gasteiger partial charge in [0.1, 0.15) is 12.4 Å². The molecule has 0 aliphatic rings. The average molecular weight is 418 g/mol. The molecule has 0 unspecified atom stereocenters. The summed E-state index contributed by atoms with van der Waals surface area (Å²) in [5, 5.41) is 2.76. The topological polar surface area (TPSA) is 90.1 Å². The molecule has 7 nitrogen and oxygen atoms in total. The van der Waals surface area contributed by atoms with Gasteiger partial charge in [-0.15, -0.1) is 0 Å². The summed E-state index contributed by atoms with van der Waals surface area (Å²) in [4.78, 5) is 24.8. The summed E-state index contributed by atoms with van der Waals surface area (Å²) in [6.45, 7) is 0.333. The van der Waals surface area contributed by atoms with Crippen LogP contribution in [0.2, 0.25) is 0 Å². The van der Waals surface area contributed by atoms with Crippen LogP contribution in [-0.4, -0.2) is 20.9 Å². The standard InChI is InChI=1S/C23H19FN4O3/c24-18-5-3-17(4-6-18)20-14-27-22(31-20)8-7-21(29)28-23-19(2-1-11-26-23)30-15-16-9-12-25-13-10-16/h1-6,9-14H,7-8,15H2,(H,26,28,29). The molecule has 31 heavy (non-hydrogen) atoms. The lowest BCUT2D eigenvalue weighted by Crippen LogP contribution is -2.14. The van der Waals surface area contributed by atoms with Crippen LogP contribution >= 0.6 is 0 Å². The quantitative estimate of drug-likeness (QED) is 0.456. The van der Waals surface area contributed by atoms with E-state index in [0.29, 0.717) is 41.8 Å². The van der Waals surface area contributed by atoms with Crippen molar-refractivity contribution in [2.75, 3.05) is 5.32 Å². The second-order valence-corrected chi connectivity index (χ2v) is 6.67. The Labute approximate surface area is 178 Å². The number of ether oxygens (including phenoxy) is 1. The molecule has 4 aromatic rings. The summed E-state index contributed by atoms with van der Waals surface area (Å²) < 4.78 is 24.5. The number of nitrogens with one attached hydrogen (secondary N) is 1. The van der Waals surface area contributed by atoms with Gasteiger partial charge in [0.15, 0.2) is 23.2 Å². The number of oxazole rings is 1. The Bertz CT molecular complexity index is 1150. The molecule has 8 heteroatoms. The number of carbonyl (C=O) groups excluding carboxylic acids is 1. The number of amides is 1. The number of hydrogen-bond donors (Lipinski definition) is 1. The summed E-state index contributed by atoms with van der Waals surface area (Å²) in [7, 11) is 0. The molecule has 0 saturated carbocycles. The largest absolute Gasteiger partial charge is 0.485 e. The molecule has 0 spiro atoms. The maximum atomic E-state index is 13.1. The van der Waals surface area contributed by atoms with E-state index in [4.69, 9.17) is 9.15 Å². The van der Waals surface area contributed by atoms with Crippen molar-refractivity contribution in [1.29, 1.82) is 0 Å². The molecule has 0 aliphatic carbocycles. The normalized spacial score (nSPS) is 10.6. The van der Waals surface area contributed by atoms with Gasteiger partial charge in [-0.2, -0.15) is 0 Å². The highest BCUT2D eigenvalue weighted by Crippen LogP contribution is 2.23. The van der Waals surface area contributed by atoms with Crippen molar-refractivity contribution in [2.45, 2.75) is 19.4 Å². The molecule has 1 N–H and O–H groups in total. The van der Waals surface area contributed by atoms with Gasteiger partial charge in [-0.25, -0.2) is 14.4 Å². The minimum absolute atomic E-state index is 0.156. The van der Waals surface area contributed by atoms with Gasteiger partial charge in [-0.05, 0) is 54.1 Å². The fourth-order valence-electron chi connectivity index (χ4n) is 2.83. The van der Waals surface area contributed by atoms with Crippen LogP contribution in [0.1, 0.15) is 17.9 Å². The van der Waals surface area contributed by atoms with Crippen LogP contribution in [-0.2, 0) is 17.8 Å². The average Bonchev–Trinajstić information content (AvgIpc) is 3.27. The van der Waals surface area contributed by atoms with Crippen LogP contribution in [0.4, 0.5) is 10.2 Å². The zero-order valence-electron chi connectivity index (χ0n) is 16.5. The van der Waals surface area contributed by atoms with E-state index >= 15 is 0 Å². The number of anilines is 1. The van der Waals surface area contributed by atoms with E-state index in [1.54, 1.807) is 49.1 Å². The van der Waals surface area contributed by atoms with E-state index in [9.17, 15) is 9.18 Å². The minimum atomic E-state index is -0.321. The third kappa shape index (κ3) is 5.51. The van der Waals surface area contributed by atoms with E-state index < -0.39 is 0 Å². The molecule has 0 fully saturated rings. The highest BCUT2D eigenvalue weighted by molar-refractivity contribution is 5.91. The summed E-state index contributed by atoms with van der Waals surface area (Å²) in [5.74, 6) is 1.20. The minimum Gasteiger partial charge on any atom is -0.485 e. The number of nitrogens with zero attached hydrogens (tertiary/aromatic N) is 3. The highest BCUT2D eigenvalue weighted by atomic mass is 19.1. The van der Waals surface area contributed by atoms with Crippen LogP contribution < -0.4 is 10.1 Å². The highest BCUT2D eigenvalue weighted by Gasteiger charge is 2.12. The van der Waals surface area contributed by atoms with Crippen molar-refractivity contribution < 1.29 is 18.3 Å². The molecule has 3 aromatic heterocycles. The number of benzene rings is 1. The molecule has 3 heterocycles. The van der Waals surface area contributed by atoms with Crippen molar-refractivity contribution >= 4 is 11.7 Å². The summed E-state index contributed by atoms with van der Waals surface area (Å²) >= 11 is 0.